The summed E-state index contributed by atoms with van der Waals surface area (Å²) in [5.74, 6) is 0.114. The molecule has 0 bridgehead atoms. The molecule has 0 atom stereocenters. The molecule has 0 spiro atoms. The SMILES string of the molecule is Cn1cnnc1SCC(=O)Nc1ccc(C(=O)N2CCN(Cc3ccncc3)CC2)cc1. The molecule has 9 nitrogen and oxygen atoms in total. The Kier molecular flexibility index (Phi) is 7.13. The topological polar surface area (TPSA) is 96.2 Å². The first-order chi connectivity index (χ1) is 15.6. The molecule has 1 fully saturated rings. The maximum Gasteiger partial charge on any atom is 0.253 e. The van der Waals surface area contributed by atoms with Crippen LogP contribution in [0.1, 0.15) is 15.9 Å². The van der Waals surface area contributed by atoms with Gasteiger partial charge in [0.2, 0.25) is 5.91 Å². The molecule has 0 unspecified atom stereocenters. The molecule has 0 radical (unpaired) electrons. The summed E-state index contributed by atoms with van der Waals surface area (Å²) in [5.41, 5.74) is 2.51. The number of amides is 2. The molecule has 1 aromatic carbocycles. The zero-order valence-electron chi connectivity index (χ0n) is 17.8. The molecule has 1 N–H and O–H groups in total. The van der Waals surface area contributed by atoms with Crippen molar-refractivity contribution in [3.63, 3.8) is 0 Å². The molecule has 1 saturated heterocycles. The van der Waals surface area contributed by atoms with Crippen molar-refractivity contribution in [1.82, 2.24) is 29.5 Å². The van der Waals surface area contributed by atoms with Crippen molar-refractivity contribution in [3.8, 4) is 0 Å². The highest BCUT2D eigenvalue weighted by Crippen LogP contribution is 2.16. The van der Waals surface area contributed by atoms with E-state index < -0.39 is 0 Å². The molecule has 3 aromatic rings. The van der Waals surface area contributed by atoms with Gasteiger partial charge in [-0.1, -0.05) is 11.8 Å². The Balaban J connectivity index is 1.24. The summed E-state index contributed by atoms with van der Waals surface area (Å²) in [6.45, 7) is 3.94. The maximum absolute atomic E-state index is 12.9. The smallest absolute Gasteiger partial charge is 0.253 e. The lowest BCUT2D eigenvalue weighted by Gasteiger charge is -2.34. The molecule has 1 aliphatic heterocycles. The minimum Gasteiger partial charge on any atom is -0.336 e. The van der Waals surface area contributed by atoms with Gasteiger partial charge in [0.1, 0.15) is 6.33 Å². The van der Waals surface area contributed by atoms with Crippen LogP contribution in [0.3, 0.4) is 0 Å². The second kappa shape index (κ2) is 10.4. The number of carbonyl (C=O) groups excluding carboxylic acids is 2. The summed E-state index contributed by atoms with van der Waals surface area (Å²) in [5, 5.41) is 11.3. The highest BCUT2D eigenvalue weighted by Gasteiger charge is 2.22. The normalized spacial score (nSPS) is 14.3. The number of nitrogens with zero attached hydrogens (tertiary/aromatic N) is 6. The van der Waals surface area contributed by atoms with E-state index in [1.807, 2.05) is 24.1 Å². The van der Waals surface area contributed by atoms with Crippen molar-refractivity contribution in [1.29, 1.82) is 0 Å². The zero-order valence-corrected chi connectivity index (χ0v) is 18.7. The third-order valence-corrected chi connectivity index (χ3v) is 6.27. The second-order valence-electron chi connectivity index (χ2n) is 7.56. The van der Waals surface area contributed by atoms with E-state index in [2.05, 4.69) is 25.4 Å². The van der Waals surface area contributed by atoms with E-state index >= 15 is 0 Å². The van der Waals surface area contributed by atoms with Gasteiger partial charge in [0, 0.05) is 63.4 Å². The van der Waals surface area contributed by atoms with Gasteiger partial charge >= 0.3 is 0 Å². The number of hydrogen-bond acceptors (Lipinski definition) is 7. The molecule has 1 aliphatic rings. The Hall–Kier alpha value is -3.24. The number of benzene rings is 1. The predicted molar refractivity (Wildman–Crippen MR) is 122 cm³/mol. The second-order valence-corrected chi connectivity index (χ2v) is 8.50. The van der Waals surface area contributed by atoms with Crippen molar-refractivity contribution in [2.24, 2.45) is 7.05 Å². The van der Waals surface area contributed by atoms with E-state index in [0.717, 1.165) is 19.6 Å². The van der Waals surface area contributed by atoms with Gasteiger partial charge in [-0.3, -0.25) is 19.5 Å². The lowest BCUT2D eigenvalue weighted by atomic mass is 10.1. The van der Waals surface area contributed by atoms with Gasteiger partial charge in [-0.25, -0.2) is 0 Å². The number of rotatable bonds is 7. The lowest BCUT2D eigenvalue weighted by Crippen LogP contribution is -2.48. The van der Waals surface area contributed by atoms with Gasteiger partial charge < -0.3 is 14.8 Å². The van der Waals surface area contributed by atoms with Crippen molar-refractivity contribution in [2.75, 3.05) is 37.2 Å². The van der Waals surface area contributed by atoms with E-state index in [-0.39, 0.29) is 17.6 Å². The van der Waals surface area contributed by atoms with Crippen molar-refractivity contribution in [3.05, 3.63) is 66.2 Å². The molecular formula is C22H25N7O2S. The molecule has 2 amide bonds. The first-order valence-electron chi connectivity index (χ1n) is 10.4. The Morgan fingerprint density at radius 1 is 1.03 bits per heavy atom. The van der Waals surface area contributed by atoms with Crippen molar-refractivity contribution >= 4 is 29.3 Å². The van der Waals surface area contributed by atoms with Crippen LogP contribution in [-0.4, -0.2) is 73.3 Å². The third kappa shape index (κ3) is 5.71. The van der Waals surface area contributed by atoms with Crippen molar-refractivity contribution < 1.29 is 9.59 Å². The van der Waals surface area contributed by atoms with Crippen LogP contribution < -0.4 is 5.32 Å². The maximum atomic E-state index is 12.9. The van der Waals surface area contributed by atoms with Crippen LogP contribution in [0.5, 0.6) is 0 Å². The Bertz CT molecular complexity index is 1050. The number of anilines is 1. The molecule has 2 aromatic heterocycles. The largest absolute Gasteiger partial charge is 0.336 e. The van der Waals surface area contributed by atoms with E-state index in [0.29, 0.717) is 29.5 Å². The predicted octanol–water partition coefficient (Wildman–Crippen LogP) is 1.90. The number of nitrogens with one attached hydrogen (secondary N) is 1. The standard InChI is InChI=1S/C22H25N7O2S/c1-27-16-24-26-22(27)32-15-20(30)25-19-4-2-18(3-5-19)21(31)29-12-10-28(11-13-29)14-17-6-8-23-9-7-17/h2-9,16H,10-15H2,1H3,(H,25,30). The number of carbonyl (C=O) groups is 2. The zero-order chi connectivity index (χ0) is 22.3. The van der Waals surface area contributed by atoms with E-state index in [1.54, 1.807) is 47.6 Å². The molecule has 166 valence electrons. The highest BCUT2D eigenvalue weighted by molar-refractivity contribution is 7.99. The fourth-order valence-electron chi connectivity index (χ4n) is 3.46. The summed E-state index contributed by atoms with van der Waals surface area (Å²) >= 11 is 1.32. The first kappa shape index (κ1) is 22.0. The number of aryl methyl sites for hydroxylation is 1. The van der Waals surface area contributed by atoms with Gasteiger partial charge in [0.25, 0.3) is 5.91 Å². The Morgan fingerprint density at radius 2 is 1.75 bits per heavy atom. The summed E-state index contributed by atoms with van der Waals surface area (Å²) in [4.78, 5) is 33.3. The summed E-state index contributed by atoms with van der Waals surface area (Å²) < 4.78 is 1.76. The van der Waals surface area contributed by atoms with Gasteiger partial charge in [-0.15, -0.1) is 10.2 Å². The summed E-state index contributed by atoms with van der Waals surface area (Å²) in [7, 11) is 1.83. The monoisotopic (exact) mass is 451 g/mol. The van der Waals surface area contributed by atoms with Crippen LogP contribution in [0.4, 0.5) is 5.69 Å². The van der Waals surface area contributed by atoms with E-state index in [1.165, 1.54) is 17.3 Å². The Labute approximate surface area is 190 Å². The van der Waals surface area contributed by atoms with Crippen LogP contribution in [-0.2, 0) is 18.4 Å². The van der Waals surface area contributed by atoms with E-state index in [9.17, 15) is 9.59 Å². The third-order valence-electron chi connectivity index (χ3n) is 5.23. The fraction of sp³-hybridized carbons (Fsp3) is 0.318. The molecule has 10 heteroatoms. The number of piperazine rings is 1. The quantitative estimate of drug-likeness (QED) is 0.548. The average molecular weight is 452 g/mol. The molecule has 4 rings (SSSR count). The van der Waals surface area contributed by atoms with Gasteiger partial charge in [-0.05, 0) is 42.0 Å². The fourth-order valence-corrected chi connectivity index (χ4v) is 4.15. The van der Waals surface area contributed by atoms with Gasteiger partial charge in [0.05, 0.1) is 5.75 Å². The molecular weight excluding hydrogens is 426 g/mol. The van der Waals surface area contributed by atoms with Crippen molar-refractivity contribution in [2.45, 2.75) is 11.7 Å². The molecule has 0 aliphatic carbocycles. The molecule has 3 heterocycles. The van der Waals surface area contributed by atoms with E-state index in [4.69, 9.17) is 0 Å². The summed E-state index contributed by atoms with van der Waals surface area (Å²) in [6.07, 6.45) is 5.20. The minimum atomic E-state index is -0.137. The van der Waals surface area contributed by atoms with Gasteiger partial charge in [-0.2, -0.15) is 0 Å². The van der Waals surface area contributed by atoms with Crippen LogP contribution >= 0.6 is 11.8 Å². The number of hydrogen-bond donors (Lipinski definition) is 1. The first-order valence-corrected chi connectivity index (χ1v) is 11.3. The van der Waals surface area contributed by atoms with Crippen LogP contribution in [0.2, 0.25) is 0 Å². The number of thioether (sulfide) groups is 1. The summed E-state index contributed by atoms with van der Waals surface area (Å²) in [6, 6.07) is 11.1. The Morgan fingerprint density at radius 3 is 2.41 bits per heavy atom. The van der Waals surface area contributed by atoms with Gasteiger partial charge in [0.15, 0.2) is 5.16 Å². The number of aromatic nitrogens is 4. The lowest BCUT2D eigenvalue weighted by molar-refractivity contribution is -0.113. The molecule has 0 saturated carbocycles. The average Bonchev–Trinajstić information content (AvgIpc) is 3.23. The van der Waals surface area contributed by atoms with Crippen LogP contribution in [0, 0.1) is 0 Å². The molecule has 32 heavy (non-hydrogen) atoms. The van der Waals surface area contributed by atoms with Crippen LogP contribution in [0.25, 0.3) is 0 Å². The highest BCUT2D eigenvalue weighted by atomic mass is 32.2. The van der Waals surface area contributed by atoms with Crippen LogP contribution in [0.15, 0.2) is 60.3 Å². The number of pyridine rings is 1. The minimum absolute atomic E-state index is 0.0178.